The molecule has 2 fully saturated rings. The molecule has 0 spiro atoms. The Hall–Kier alpha value is -1.30. The Morgan fingerprint density at radius 3 is 2.56 bits per heavy atom. The number of hydrogen-bond donors (Lipinski definition) is 2. The molecule has 0 saturated carbocycles. The van der Waals surface area contributed by atoms with Crippen LogP contribution in [0.15, 0.2) is 0 Å². The van der Waals surface area contributed by atoms with E-state index in [9.17, 15) is 9.59 Å². The predicted octanol–water partition coefficient (Wildman–Crippen LogP) is 0.0307. The van der Waals surface area contributed by atoms with Crippen LogP contribution in [-0.4, -0.2) is 52.3 Å². The zero-order valence-corrected chi connectivity index (χ0v) is 9.56. The van der Waals surface area contributed by atoms with E-state index in [-0.39, 0.29) is 12.1 Å². The number of aliphatic carboxylic acids is 1. The van der Waals surface area contributed by atoms with Gasteiger partial charge in [-0.05, 0) is 20.8 Å². The van der Waals surface area contributed by atoms with Crippen molar-refractivity contribution in [1.29, 1.82) is 0 Å². The molecule has 2 heterocycles. The molecule has 2 aliphatic rings. The molecule has 16 heavy (non-hydrogen) atoms. The molecule has 90 valence electrons. The van der Waals surface area contributed by atoms with Crippen LogP contribution < -0.4 is 5.32 Å². The van der Waals surface area contributed by atoms with Gasteiger partial charge in [0.05, 0.1) is 6.04 Å². The van der Waals surface area contributed by atoms with Crippen molar-refractivity contribution in [1.82, 2.24) is 10.2 Å². The first-order valence-corrected chi connectivity index (χ1v) is 5.28. The van der Waals surface area contributed by atoms with Crippen molar-refractivity contribution in [2.24, 2.45) is 0 Å². The highest BCUT2D eigenvalue weighted by atomic mass is 16.6. The minimum atomic E-state index is -0.983. The van der Waals surface area contributed by atoms with Crippen molar-refractivity contribution in [3.05, 3.63) is 0 Å². The first kappa shape index (κ1) is 11.2. The van der Waals surface area contributed by atoms with Crippen LogP contribution in [0.4, 0.5) is 4.79 Å². The van der Waals surface area contributed by atoms with Gasteiger partial charge in [0, 0.05) is 12.6 Å². The van der Waals surface area contributed by atoms with Gasteiger partial charge in [-0.1, -0.05) is 0 Å². The van der Waals surface area contributed by atoms with Gasteiger partial charge in [0.2, 0.25) is 0 Å². The highest BCUT2D eigenvalue weighted by Gasteiger charge is 2.57. The predicted molar refractivity (Wildman–Crippen MR) is 55.1 cm³/mol. The highest BCUT2D eigenvalue weighted by molar-refractivity contribution is 5.83. The van der Waals surface area contributed by atoms with Crippen LogP contribution in [0.3, 0.4) is 0 Å². The van der Waals surface area contributed by atoms with Gasteiger partial charge in [0.1, 0.15) is 11.6 Å². The summed E-state index contributed by atoms with van der Waals surface area (Å²) in [6.07, 6.45) is -0.547. The van der Waals surface area contributed by atoms with Crippen LogP contribution in [0.1, 0.15) is 20.8 Å². The van der Waals surface area contributed by atoms with Crippen molar-refractivity contribution >= 4 is 12.1 Å². The summed E-state index contributed by atoms with van der Waals surface area (Å²) >= 11 is 0. The number of carboxylic acids is 1. The number of hydrogen-bond acceptors (Lipinski definition) is 4. The zero-order chi connectivity index (χ0) is 12.1. The molecule has 2 N–H and O–H groups in total. The van der Waals surface area contributed by atoms with E-state index in [0.29, 0.717) is 6.54 Å². The van der Waals surface area contributed by atoms with Crippen molar-refractivity contribution in [2.75, 3.05) is 6.54 Å². The molecular weight excluding hydrogens is 212 g/mol. The topological polar surface area (TPSA) is 88.8 Å². The Labute approximate surface area is 93.6 Å². The molecule has 6 nitrogen and oxygen atoms in total. The molecule has 0 aromatic carbocycles. The first-order chi connectivity index (χ1) is 7.29. The third kappa shape index (κ3) is 1.97. The Bertz CT molecular complexity index is 336. The second-order valence-corrected chi connectivity index (χ2v) is 5.21. The lowest BCUT2D eigenvalue weighted by atomic mass is 10.2. The van der Waals surface area contributed by atoms with Gasteiger partial charge >= 0.3 is 12.1 Å². The summed E-state index contributed by atoms with van der Waals surface area (Å²) in [7, 11) is 0. The van der Waals surface area contributed by atoms with Crippen molar-refractivity contribution in [3.8, 4) is 0 Å². The minimum Gasteiger partial charge on any atom is -0.480 e. The molecule has 2 saturated heterocycles. The summed E-state index contributed by atoms with van der Waals surface area (Å²) in [6, 6.07) is -0.779. The fourth-order valence-corrected chi connectivity index (χ4v) is 1.98. The molecule has 0 aliphatic carbocycles. The largest absolute Gasteiger partial charge is 0.480 e. The Morgan fingerprint density at radius 2 is 2.06 bits per heavy atom. The minimum absolute atomic E-state index is 0.106. The number of nitrogens with one attached hydrogen (secondary N) is 1. The smallest absolute Gasteiger partial charge is 0.411 e. The van der Waals surface area contributed by atoms with E-state index >= 15 is 0 Å². The van der Waals surface area contributed by atoms with E-state index < -0.39 is 23.7 Å². The van der Waals surface area contributed by atoms with E-state index in [2.05, 4.69) is 5.32 Å². The monoisotopic (exact) mass is 228 g/mol. The molecule has 1 amide bonds. The fraction of sp³-hybridized carbons (Fsp3) is 0.800. The van der Waals surface area contributed by atoms with Gasteiger partial charge < -0.3 is 15.2 Å². The maximum Gasteiger partial charge on any atom is 0.411 e. The lowest BCUT2D eigenvalue weighted by Crippen LogP contribution is -2.48. The summed E-state index contributed by atoms with van der Waals surface area (Å²) in [4.78, 5) is 24.1. The van der Waals surface area contributed by atoms with E-state index in [1.165, 1.54) is 4.90 Å². The van der Waals surface area contributed by atoms with Crippen LogP contribution in [0.5, 0.6) is 0 Å². The van der Waals surface area contributed by atoms with E-state index in [1.54, 1.807) is 20.8 Å². The molecule has 2 aliphatic heterocycles. The van der Waals surface area contributed by atoms with Crippen LogP contribution >= 0.6 is 0 Å². The maximum atomic E-state index is 11.8. The molecule has 0 bridgehead atoms. The number of carbonyl (C=O) groups is 2. The number of amides is 1. The highest BCUT2D eigenvalue weighted by Crippen LogP contribution is 2.30. The van der Waals surface area contributed by atoms with Gasteiger partial charge in [-0.2, -0.15) is 0 Å². The lowest BCUT2D eigenvalue weighted by molar-refractivity contribution is -0.142. The fourth-order valence-electron chi connectivity index (χ4n) is 1.98. The molecule has 2 rings (SSSR count). The summed E-state index contributed by atoms with van der Waals surface area (Å²) in [5.41, 5.74) is -0.597. The normalized spacial score (nSPS) is 32.2. The Morgan fingerprint density at radius 1 is 1.44 bits per heavy atom. The van der Waals surface area contributed by atoms with Gasteiger partial charge in [0.25, 0.3) is 0 Å². The third-order valence-corrected chi connectivity index (χ3v) is 2.68. The maximum absolute atomic E-state index is 11.8. The number of ether oxygens (including phenoxy) is 1. The van der Waals surface area contributed by atoms with Gasteiger partial charge in [-0.15, -0.1) is 0 Å². The third-order valence-electron chi connectivity index (χ3n) is 2.68. The van der Waals surface area contributed by atoms with Crippen LogP contribution in [0.2, 0.25) is 0 Å². The molecule has 6 heteroatoms. The van der Waals surface area contributed by atoms with E-state index in [4.69, 9.17) is 9.84 Å². The summed E-state index contributed by atoms with van der Waals surface area (Å²) in [6.45, 7) is 5.69. The van der Waals surface area contributed by atoms with Gasteiger partial charge in [0.15, 0.2) is 0 Å². The molecule has 0 aromatic rings. The number of fused-ring (bicyclic) bond motifs is 1. The van der Waals surface area contributed by atoms with Crippen LogP contribution in [-0.2, 0) is 9.53 Å². The molecule has 0 aromatic heterocycles. The average Bonchev–Trinajstić information content (AvgIpc) is 2.73. The number of carboxylic acid groups (broad SMARTS) is 1. The second-order valence-electron chi connectivity index (χ2n) is 5.21. The Balaban J connectivity index is 2.04. The number of nitrogens with zero attached hydrogens (tertiary/aromatic N) is 1. The molecule has 3 atom stereocenters. The zero-order valence-electron chi connectivity index (χ0n) is 9.56. The van der Waals surface area contributed by atoms with Crippen LogP contribution in [0, 0.1) is 0 Å². The number of carbonyl (C=O) groups excluding carboxylic acids is 1. The Kier molecular flexibility index (Phi) is 2.34. The standard InChI is InChI=1S/C10H16N2O4/c1-10(2,3)16-9(15)12-4-5-6(11-5)7(12)8(13)14/h5-7,11H,4H2,1-3H3,(H,13,14). The first-order valence-electron chi connectivity index (χ1n) is 5.28. The van der Waals surface area contributed by atoms with Gasteiger partial charge in [-0.25, -0.2) is 9.59 Å². The number of piperazine rings is 1. The SMILES string of the molecule is CC(C)(C)OC(=O)N1CC2NC2C1C(=O)O. The van der Waals surface area contributed by atoms with E-state index in [1.807, 2.05) is 0 Å². The summed E-state index contributed by atoms with van der Waals surface area (Å²) in [5.74, 6) is -0.983. The van der Waals surface area contributed by atoms with Crippen molar-refractivity contribution < 1.29 is 19.4 Å². The van der Waals surface area contributed by atoms with Crippen molar-refractivity contribution in [3.63, 3.8) is 0 Å². The quantitative estimate of drug-likeness (QED) is 0.618. The van der Waals surface area contributed by atoms with Gasteiger partial charge in [-0.3, -0.25) is 4.90 Å². The molecule has 0 radical (unpaired) electrons. The molecule has 3 unspecified atom stereocenters. The van der Waals surface area contributed by atoms with E-state index in [0.717, 1.165) is 0 Å². The van der Waals surface area contributed by atoms with Crippen molar-refractivity contribution in [2.45, 2.75) is 44.5 Å². The van der Waals surface area contributed by atoms with Crippen LogP contribution in [0.25, 0.3) is 0 Å². The number of likely N-dealkylation sites (tertiary alicyclic amines) is 1. The number of rotatable bonds is 1. The average molecular weight is 228 g/mol. The summed E-state index contributed by atoms with van der Waals surface area (Å²) in [5, 5.41) is 12.1. The second kappa shape index (κ2) is 3.35. The molecular formula is C10H16N2O4. The lowest BCUT2D eigenvalue weighted by Gasteiger charge is -2.28. The summed E-state index contributed by atoms with van der Waals surface area (Å²) < 4.78 is 5.17.